The molecule has 9 nitrogen and oxygen atoms in total. The van der Waals surface area contributed by atoms with Crippen LogP contribution in [0.3, 0.4) is 0 Å². The fraction of sp³-hybridized carbons (Fsp3) is 0.556. The molecule has 0 aromatic carbocycles. The molecule has 0 radical (unpaired) electrons. The number of rotatable bonds is 5. The average Bonchev–Trinajstić information content (AvgIpc) is 3.32. The van der Waals surface area contributed by atoms with Crippen molar-refractivity contribution in [1.82, 2.24) is 25.0 Å². The van der Waals surface area contributed by atoms with E-state index >= 15 is 0 Å². The van der Waals surface area contributed by atoms with E-state index in [4.69, 9.17) is 4.52 Å². The van der Waals surface area contributed by atoms with Gasteiger partial charge in [0.1, 0.15) is 6.04 Å². The summed E-state index contributed by atoms with van der Waals surface area (Å²) in [7, 11) is 0. The van der Waals surface area contributed by atoms with Gasteiger partial charge in [0, 0.05) is 31.3 Å². The second kappa shape index (κ2) is 7.42. The van der Waals surface area contributed by atoms with E-state index in [0.29, 0.717) is 24.1 Å². The van der Waals surface area contributed by atoms with E-state index in [2.05, 4.69) is 20.1 Å². The van der Waals surface area contributed by atoms with Crippen LogP contribution < -0.4 is 0 Å². The Morgan fingerprint density at radius 3 is 2.74 bits per heavy atom. The molecule has 1 aliphatic heterocycles. The minimum absolute atomic E-state index is 0.0447. The van der Waals surface area contributed by atoms with E-state index in [1.165, 1.54) is 0 Å². The van der Waals surface area contributed by atoms with Crippen molar-refractivity contribution in [2.24, 2.45) is 5.92 Å². The van der Waals surface area contributed by atoms with Gasteiger partial charge in [0.2, 0.25) is 23.4 Å². The molecule has 142 valence electrons. The molecule has 1 amide bonds. The van der Waals surface area contributed by atoms with Crippen molar-refractivity contribution in [2.45, 2.75) is 57.0 Å². The van der Waals surface area contributed by atoms with Crippen molar-refractivity contribution in [3.05, 3.63) is 24.4 Å². The van der Waals surface area contributed by atoms with Gasteiger partial charge in [0.25, 0.3) is 0 Å². The molecule has 1 saturated carbocycles. The zero-order valence-corrected chi connectivity index (χ0v) is 14.8. The Kier molecular flexibility index (Phi) is 4.83. The summed E-state index contributed by atoms with van der Waals surface area (Å²) in [5.74, 6) is 0.169. The standard InChI is InChI=1S/C18H21N5O4/c24-15(23-12-5-2-1-4-11(12)10-13(23)18(25)26)7-6-14-21-17(22-27-14)16-19-8-3-9-20-16/h3,8-9,11-13H,1-2,4-7,10H2,(H,25,26)/t11-,12+,13+/m1/s1. The fourth-order valence-corrected chi connectivity index (χ4v) is 4.24. The van der Waals surface area contributed by atoms with Crippen molar-refractivity contribution in [2.75, 3.05) is 0 Å². The molecule has 27 heavy (non-hydrogen) atoms. The highest BCUT2D eigenvalue weighted by molar-refractivity contribution is 5.84. The Morgan fingerprint density at radius 1 is 1.19 bits per heavy atom. The maximum Gasteiger partial charge on any atom is 0.326 e. The number of carboxylic acids is 1. The Morgan fingerprint density at radius 2 is 1.96 bits per heavy atom. The second-order valence-corrected chi connectivity index (χ2v) is 7.09. The molecule has 0 spiro atoms. The number of carbonyl (C=O) groups is 2. The molecular formula is C18H21N5O4. The fourth-order valence-electron chi connectivity index (χ4n) is 4.24. The third-order valence-corrected chi connectivity index (χ3v) is 5.45. The quantitative estimate of drug-likeness (QED) is 0.842. The lowest BCUT2D eigenvalue weighted by molar-refractivity contribution is -0.149. The maximum atomic E-state index is 12.8. The van der Waals surface area contributed by atoms with Crippen LogP contribution in [-0.2, 0) is 16.0 Å². The van der Waals surface area contributed by atoms with Crippen molar-refractivity contribution < 1.29 is 19.2 Å². The molecule has 9 heteroatoms. The molecule has 3 atom stereocenters. The number of likely N-dealkylation sites (tertiary alicyclic amines) is 1. The first-order valence-electron chi connectivity index (χ1n) is 9.27. The van der Waals surface area contributed by atoms with Crippen LogP contribution in [0.1, 0.15) is 44.4 Å². The number of aromatic nitrogens is 4. The third-order valence-electron chi connectivity index (χ3n) is 5.45. The topological polar surface area (TPSA) is 122 Å². The number of hydrogen-bond donors (Lipinski definition) is 1. The van der Waals surface area contributed by atoms with Crippen LogP contribution >= 0.6 is 0 Å². The van der Waals surface area contributed by atoms with Gasteiger partial charge in [-0.25, -0.2) is 14.8 Å². The van der Waals surface area contributed by atoms with Crippen molar-refractivity contribution >= 4 is 11.9 Å². The summed E-state index contributed by atoms with van der Waals surface area (Å²) in [6, 6.07) is 1.02. The molecular weight excluding hydrogens is 350 g/mol. The Hall–Kier alpha value is -2.84. The SMILES string of the molecule is O=C(O)[C@@H]1C[C@H]2CCCC[C@@H]2N1C(=O)CCc1nc(-c2ncccn2)no1. The van der Waals surface area contributed by atoms with E-state index in [1.807, 2.05) is 0 Å². The molecule has 1 saturated heterocycles. The molecule has 2 fully saturated rings. The van der Waals surface area contributed by atoms with Crippen molar-refractivity contribution in [3.63, 3.8) is 0 Å². The summed E-state index contributed by atoms with van der Waals surface area (Å²) < 4.78 is 5.18. The average molecular weight is 371 g/mol. The molecule has 4 rings (SSSR count). The Balaban J connectivity index is 1.42. The monoisotopic (exact) mass is 371 g/mol. The lowest BCUT2D eigenvalue weighted by Gasteiger charge is -2.33. The van der Waals surface area contributed by atoms with E-state index in [-0.39, 0.29) is 30.6 Å². The molecule has 1 N–H and O–H groups in total. The van der Waals surface area contributed by atoms with Crippen LogP contribution in [0.25, 0.3) is 11.6 Å². The molecule has 2 aromatic heterocycles. The summed E-state index contributed by atoms with van der Waals surface area (Å²) in [5.41, 5.74) is 0. The van der Waals surface area contributed by atoms with E-state index in [9.17, 15) is 14.7 Å². The summed E-state index contributed by atoms with van der Waals surface area (Å²) in [6.07, 6.45) is 8.18. The van der Waals surface area contributed by atoms with Gasteiger partial charge in [-0.2, -0.15) is 4.98 Å². The van der Waals surface area contributed by atoms with Gasteiger partial charge in [0.15, 0.2) is 0 Å². The highest BCUT2D eigenvalue weighted by Gasteiger charge is 2.47. The number of carboxylic acid groups (broad SMARTS) is 1. The zero-order chi connectivity index (χ0) is 18.8. The van der Waals surface area contributed by atoms with Crippen LogP contribution in [0.2, 0.25) is 0 Å². The summed E-state index contributed by atoms with van der Waals surface area (Å²) in [6.45, 7) is 0. The zero-order valence-electron chi connectivity index (χ0n) is 14.8. The van der Waals surface area contributed by atoms with Crippen LogP contribution in [0.4, 0.5) is 0 Å². The van der Waals surface area contributed by atoms with Gasteiger partial charge in [-0.05, 0) is 31.2 Å². The minimum Gasteiger partial charge on any atom is -0.480 e. The van der Waals surface area contributed by atoms with Gasteiger partial charge in [-0.1, -0.05) is 18.0 Å². The molecule has 0 bridgehead atoms. The normalized spacial score (nSPS) is 24.6. The predicted molar refractivity (Wildman–Crippen MR) is 92.3 cm³/mol. The number of amides is 1. The molecule has 2 aromatic rings. The Labute approximate surface area is 155 Å². The van der Waals surface area contributed by atoms with Crippen LogP contribution in [-0.4, -0.2) is 54.1 Å². The third kappa shape index (κ3) is 3.54. The summed E-state index contributed by atoms with van der Waals surface area (Å²) >= 11 is 0. The lowest BCUT2D eigenvalue weighted by atomic mass is 9.84. The highest BCUT2D eigenvalue weighted by atomic mass is 16.5. The highest BCUT2D eigenvalue weighted by Crippen LogP contribution is 2.40. The van der Waals surface area contributed by atoms with Crippen molar-refractivity contribution in [3.8, 4) is 11.6 Å². The second-order valence-electron chi connectivity index (χ2n) is 7.09. The van der Waals surface area contributed by atoms with Crippen LogP contribution in [0, 0.1) is 5.92 Å². The van der Waals surface area contributed by atoms with E-state index in [0.717, 1.165) is 25.7 Å². The summed E-state index contributed by atoms with van der Waals surface area (Å²) in [5, 5.41) is 13.4. The first-order valence-corrected chi connectivity index (χ1v) is 9.27. The largest absolute Gasteiger partial charge is 0.480 e. The Bertz CT molecular complexity index is 824. The molecule has 1 aliphatic carbocycles. The van der Waals surface area contributed by atoms with Gasteiger partial charge < -0.3 is 14.5 Å². The van der Waals surface area contributed by atoms with E-state index in [1.54, 1.807) is 23.4 Å². The number of carbonyl (C=O) groups excluding carboxylic acids is 1. The van der Waals surface area contributed by atoms with Gasteiger partial charge >= 0.3 is 5.97 Å². The first kappa shape index (κ1) is 17.6. The maximum absolute atomic E-state index is 12.8. The van der Waals surface area contributed by atoms with Crippen LogP contribution in [0.15, 0.2) is 23.0 Å². The number of fused-ring (bicyclic) bond motifs is 1. The first-order chi connectivity index (χ1) is 13.1. The number of nitrogens with zero attached hydrogens (tertiary/aromatic N) is 5. The summed E-state index contributed by atoms with van der Waals surface area (Å²) in [4.78, 5) is 38.4. The number of aryl methyl sites for hydroxylation is 1. The van der Waals surface area contributed by atoms with Gasteiger partial charge in [-0.3, -0.25) is 4.79 Å². The van der Waals surface area contributed by atoms with E-state index < -0.39 is 12.0 Å². The number of hydrogen-bond acceptors (Lipinski definition) is 7. The molecule has 3 heterocycles. The van der Waals surface area contributed by atoms with Crippen molar-refractivity contribution in [1.29, 1.82) is 0 Å². The van der Waals surface area contributed by atoms with Gasteiger partial charge in [0.05, 0.1) is 0 Å². The molecule has 0 unspecified atom stereocenters. The smallest absolute Gasteiger partial charge is 0.326 e. The lowest BCUT2D eigenvalue weighted by Crippen LogP contribution is -2.46. The van der Waals surface area contributed by atoms with Crippen LogP contribution in [0.5, 0.6) is 0 Å². The van der Waals surface area contributed by atoms with Gasteiger partial charge in [-0.15, -0.1) is 0 Å². The number of aliphatic carboxylic acids is 1. The predicted octanol–water partition coefficient (Wildman–Crippen LogP) is 1.70. The molecule has 2 aliphatic rings. The minimum atomic E-state index is -0.918.